The standard InChI is InChI=1S/C12H18O2/c1-3-4-5-6-7-8-9-10-11-12(13)14-2/h3-4,6-7,9-10H,5,8,11H2,1-2H3/b4-3-,7-6-,10-9-. The topological polar surface area (TPSA) is 26.3 Å². The van der Waals surface area contributed by atoms with E-state index in [1.54, 1.807) is 0 Å². The van der Waals surface area contributed by atoms with E-state index in [1.165, 1.54) is 7.11 Å². The van der Waals surface area contributed by atoms with E-state index in [0.717, 1.165) is 12.8 Å². The molecule has 0 aliphatic carbocycles. The number of carbonyl (C=O) groups excluding carboxylic acids is 1. The molecular weight excluding hydrogens is 176 g/mol. The Hall–Kier alpha value is -1.31. The molecule has 0 saturated carbocycles. The molecule has 0 bridgehead atoms. The fourth-order valence-corrected chi connectivity index (χ4v) is 0.845. The number of allylic oxidation sites excluding steroid dienone is 5. The molecule has 0 radical (unpaired) electrons. The number of esters is 1. The maximum atomic E-state index is 10.7. The molecule has 14 heavy (non-hydrogen) atoms. The van der Waals surface area contributed by atoms with Crippen molar-refractivity contribution in [3.63, 3.8) is 0 Å². The monoisotopic (exact) mass is 194 g/mol. The first-order chi connectivity index (χ1) is 6.81. The summed E-state index contributed by atoms with van der Waals surface area (Å²) in [6, 6.07) is 0. The molecule has 0 heterocycles. The Morgan fingerprint density at radius 1 is 1.07 bits per heavy atom. The lowest BCUT2D eigenvalue weighted by Gasteiger charge is -1.90. The van der Waals surface area contributed by atoms with Crippen LogP contribution in [0.3, 0.4) is 0 Å². The molecule has 0 aliphatic heterocycles. The minimum atomic E-state index is -0.195. The van der Waals surface area contributed by atoms with E-state index < -0.39 is 0 Å². The van der Waals surface area contributed by atoms with Crippen LogP contribution in [0.25, 0.3) is 0 Å². The quantitative estimate of drug-likeness (QED) is 0.480. The lowest BCUT2D eigenvalue weighted by molar-refractivity contribution is -0.139. The molecule has 0 aliphatic rings. The van der Waals surface area contributed by atoms with Crippen LogP contribution in [0.5, 0.6) is 0 Å². The van der Waals surface area contributed by atoms with Gasteiger partial charge in [0.05, 0.1) is 13.5 Å². The molecule has 0 fully saturated rings. The normalized spacial score (nSPS) is 11.9. The van der Waals surface area contributed by atoms with E-state index in [-0.39, 0.29) is 5.97 Å². The molecule has 0 aromatic heterocycles. The zero-order valence-corrected chi connectivity index (χ0v) is 8.90. The zero-order valence-electron chi connectivity index (χ0n) is 8.90. The van der Waals surface area contributed by atoms with Gasteiger partial charge in [-0.05, 0) is 19.8 Å². The molecule has 0 amide bonds. The van der Waals surface area contributed by atoms with Crippen LogP contribution >= 0.6 is 0 Å². The summed E-state index contributed by atoms with van der Waals surface area (Å²) >= 11 is 0. The first kappa shape index (κ1) is 12.7. The van der Waals surface area contributed by atoms with Gasteiger partial charge >= 0.3 is 5.97 Å². The minimum absolute atomic E-state index is 0.195. The van der Waals surface area contributed by atoms with E-state index in [4.69, 9.17) is 0 Å². The van der Waals surface area contributed by atoms with Crippen LogP contribution in [-0.2, 0) is 9.53 Å². The van der Waals surface area contributed by atoms with Crippen LogP contribution in [0.2, 0.25) is 0 Å². The Labute approximate surface area is 86.0 Å². The first-order valence-electron chi connectivity index (χ1n) is 4.79. The van der Waals surface area contributed by atoms with E-state index in [9.17, 15) is 4.79 Å². The van der Waals surface area contributed by atoms with Crippen LogP contribution in [0.1, 0.15) is 26.2 Å². The van der Waals surface area contributed by atoms with E-state index in [1.807, 2.05) is 25.2 Å². The summed E-state index contributed by atoms with van der Waals surface area (Å²) in [6.45, 7) is 2.00. The third-order valence-electron chi connectivity index (χ3n) is 1.63. The molecule has 0 spiro atoms. The predicted molar refractivity (Wildman–Crippen MR) is 59.0 cm³/mol. The average molecular weight is 194 g/mol. The highest BCUT2D eigenvalue weighted by Gasteiger charge is 1.91. The van der Waals surface area contributed by atoms with Gasteiger partial charge in [0.2, 0.25) is 0 Å². The van der Waals surface area contributed by atoms with Crippen LogP contribution in [0, 0.1) is 0 Å². The van der Waals surface area contributed by atoms with Crippen molar-refractivity contribution in [2.24, 2.45) is 0 Å². The molecule has 0 rings (SSSR count). The fraction of sp³-hybridized carbons (Fsp3) is 0.417. The molecule has 0 unspecified atom stereocenters. The highest BCUT2D eigenvalue weighted by Crippen LogP contribution is 1.93. The summed E-state index contributed by atoms with van der Waals surface area (Å²) in [4.78, 5) is 10.7. The summed E-state index contributed by atoms with van der Waals surface area (Å²) in [5.74, 6) is -0.195. The van der Waals surface area contributed by atoms with Crippen LogP contribution in [0.15, 0.2) is 36.5 Å². The van der Waals surface area contributed by atoms with Crippen molar-refractivity contribution >= 4 is 5.97 Å². The van der Waals surface area contributed by atoms with Gasteiger partial charge in [0.15, 0.2) is 0 Å². The molecular formula is C12H18O2. The van der Waals surface area contributed by atoms with Crippen molar-refractivity contribution in [3.8, 4) is 0 Å². The van der Waals surface area contributed by atoms with Gasteiger partial charge in [-0.3, -0.25) is 4.79 Å². The minimum Gasteiger partial charge on any atom is -0.469 e. The maximum Gasteiger partial charge on any atom is 0.309 e. The zero-order chi connectivity index (χ0) is 10.6. The summed E-state index contributed by atoms with van der Waals surface area (Å²) in [6.07, 6.45) is 14.3. The molecule has 78 valence electrons. The molecule has 2 heteroatoms. The predicted octanol–water partition coefficient (Wildman–Crippen LogP) is 3.02. The van der Waals surface area contributed by atoms with Crippen molar-refractivity contribution in [1.29, 1.82) is 0 Å². The van der Waals surface area contributed by atoms with E-state index >= 15 is 0 Å². The molecule has 2 nitrogen and oxygen atoms in total. The smallest absolute Gasteiger partial charge is 0.309 e. The molecule has 0 aromatic carbocycles. The third kappa shape index (κ3) is 8.78. The maximum absolute atomic E-state index is 10.7. The molecule has 0 N–H and O–H groups in total. The average Bonchev–Trinajstić information content (AvgIpc) is 2.21. The van der Waals surface area contributed by atoms with Crippen LogP contribution in [0.4, 0.5) is 0 Å². The third-order valence-corrected chi connectivity index (χ3v) is 1.63. The van der Waals surface area contributed by atoms with Crippen molar-refractivity contribution in [3.05, 3.63) is 36.5 Å². The van der Waals surface area contributed by atoms with Crippen molar-refractivity contribution in [1.82, 2.24) is 0 Å². The fourth-order valence-electron chi connectivity index (χ4n) is 0.845. The Morgan fingerprint density at radius 2 is 1.64 bits per heavy atom. The Kier molecular flexibility index (Phi) is 8.86. The molecule has 0 atom stereocenters. The van der Waals surface area contributed by atoms with Gasteiger partial charge in [-0.15, -0.1) is 0 Å². The summed E-state index contributed by atoms with van der Waals surface area (Å²) in [5, 5.41) is 0. The van der Waals surface area contributed by atoms with Gasteiger partial charge in [-0.1, -0.05) is 36.5 Å². The van der Waals surface area contributed by atoms with Gasteiger partial charge in [0, 0.05) is 0 Å². The summed E-state index contributed by atoms with van der Waals surface area (Å²) in [7, 11) is 1.40. The number of ether oxygens (including phenoxy) is 1. The highest BCUT2D eigenvalue weighted by molar-refractivity contribution is 5.70. The Bertz CT molecular complexity index is 224. The van der Waals surface area contributed by atoms with Gasteiger partial charge in [-0.2, -0.15) is 0 Å². The van der Waals surface area contributed by atoms with Crippen molar-refractivity contribution in [2.75, 3.05) is 7.11 Å². The largest absolute Gasteiger partial charge is 0.469 e. The number of hydrogen-bond acceptors (Lipinski definition) is 2. The second-order valence-corrected chi connectivity index (χ2v) is 2.76. The van der Waals surface area contributed by atoms with Crippen molar-refractivity contribution < 1.29 is 9.53 Å². The second-order valence-electron chi connectivity index (χ2n) is 2.76. The summed E-state index contributed by atoms with van der Waals surface area (Å²) < 4.78 is 4.49. The SMILES string of the molecule is C/C=C\C/C=C\C/C=C\CC(=O)OC. The summed E-state index contributed by atoms with van der Waals surface area (Å²) in [5.41, 5.74) is 0. The lowest BCUT2D eigenvalue weighted by atomic mass is 10.3. The second kappa shape index (κ2) is 9.78. The first-order valence-corrected chi connectivity index (χ1v) is 4.79. The van der Waals surface area contributed by atoms with Crippen molar-refractivity contribution in [2.45, 2.75) is 26.2 Å². The molecule has 0 saturated heterocycles. The van der Waals surface area contributed by atoms with Gasteiger partial charge in [-0.25, -0.2) is 0 Å². The number of hydrogen-bond donors (Lipinski definition) is 0. The molecule has 0 aromatic rings. The number of rotatable bonds is 6. The number of carbonyl (C=O) groups is 1. The van der Waals surface area contributed by atoms with Crippen LogP contribution in [-0.4, -0.2) is 13.1 Å². The van der Waals surface area contributed by atoms with Gasteiger partial charge < -0.3 is 4.74 Å². The highest BCUT2D eigenvalue weighted by atomic mass is 16.5. The van der Waals surface area contributed by atoms with E-state index in [2.05, 4.69) is 23.0 Å². The van der Waals surface area contributed by atoms with Gasteiger partial charge in [0.25, 0.3) is 0 Å². The van der Waals surface area contributed by atoms with Crippen LogP contribution < -0.4 is 0 Å². The lowest BCUT2D eigenvalue weighted by Crippen LogP contribution is -1.96. The van der Waals surface area contributed by atoms with E-state index in [0.29, 0.717) is 6.42 Å². The van der Waals surface area contributed by atoms with Gasteiger partial charge in [0.1, 0.15) is 0 Å². The number of methoxy groups -OCH3 is 1. The Balaban J connectivity index is 3.43. The Morgan fingerprint density at radius 3 is 2.21 bits per heavy atom.